The third-order valence-corrected chi connectivity index (χ3v) is 12.6. The van der Waals surface area contributed by atoms with E-state index in [-0.39, 0.29) is 34.3 Å². The quantitative estimate of drug-likeness (QED) is 0.0920. The molecule has 8 rings (SSSR count). The van der Waals surface area contributed by atoms with E-state index in [1.54, 1.807) is 31.3 Å². The summed E-state index contributed by atoms with van der Waals surface area (Å²) in [6, 6.07) is 18.9. The fraction of sp³-hybridized carbons (Fsp3) is 0.333. The molecule has 4 heterocycles. The number of anilines is 2. The Hall–Kier alpha value is -5.64. The molecule has 0 saturated carbocycles. The van der Waals surface area contributed by atoms with Crippen LogP contribution in [0.1, 0.15) is 56.0 Å². The fourth-order valence-electron chi connectivity index (χ4n) is 7.87. The van der Waals surface area contributed by atoms with Crippen molar-refractivity contribution in [1.82, 2.24) is 19.6 Å². The zero-order valence-corrected chi connectivity index (χ0v) is 34.0. The highest BCUT2D eigenvalue weighted by molar-refractivity contribution is 7.90. The Morgan fingerprint density at radius 3 is 2.62 bits per heavy atom. The van der Waals surface area contributed by atoms with Crippen molar-refractivity contribution in [2.75, 3.05) is 49.5 Å². The number of nitrogens with one attached hydrogen (secondary N) is 3. The molecule has 58 heavy (non-hydrogen) atoms. The van der Waals surface area contributed by atoms with Crippen LogP contribution in [-0.2, 0) is 10.0 Å². The number of carbonyl (C=O) groups is 1. The number of rotatable bonds is 10. The Bertz CT molecular complexity index is 2550. The monoisotopic (exact) mass is 825 g/mol. The Morgan fingerprint density at radius 1 is 1.09 bits per heavy atom. The number of fused-ring (bicyclic) bond motifs is 2. The number of sulfonamides is 1. The van der Waals surface area contributed by atoms with Gasteiger partial charge in [-0.3, -0.25) is 19.8 Å². The van der Waals surface area contributed by atoms with Gasteiger partial charge in [-0.25, -0.2) is 18.1 Å². The number of pyridine rings is 1. The van der Waals surface area contributed by atoms with E-state index in [4.69, 9.17) is 21.1 Å². The van der Waals surface area contributed by atoms with Gasteiger partial charge < -0.3 is 24.7 Å². The highest BCUT2D eigenvalue weighted by Crippen LogP contribution is 2.44. The summed E-state index contributed by atoms with van der Waals surface area (Å²) < 4.78 is 41.5. The van der Waals surface area contributed by atoms with Crippen LogP contribution in [0.2, 0.25) is 5.02 Å². The van der Waals surface area contributed by atoms with Gasteiger partial charge in [-0.2, -0.15) is 0 Å². The van der Waals surface area contributed by atoms with Crippen LogP contribution in [0, 0.1) is 15.5 Å². The molecule has 2 aliphatic heterocycles. The first-order valence-corrected chi connectivity index (χ1v) is 21.1. The summed E-state index contributed by atoms with van der Waals surface area (Å²) in [5.41, 5.74) is 5.31. The van der Waals surface area contributed by atoms with E-state index < -0.39 is 31.4 Å². The molecule has 0 unspecified atom stereocenters. The van der Waals surface area contributed by atoms with Gasteiger partial charge in [0.15, 0.2) is 11.4 Å². The second kappa shape index (κ2) is 15.6. The minimum atomic E-state index is -4.61. The van der Waals surface area contributed by atoms with Gasteiger partial charge in [0.1, 0.15) is 23.3 Å². The first-order valence-electron chi connectivity index (χ1n) is 19.2. The van der Waals surface area contributed by atoms with Crippen LogP contribution >= 0.6 is 11.6 Å². The maximum absolute atomic E-state index is 13.9. The summed E-state index contributed by atoms with van der Waals surface area (Å²) in [7, 11) is -4.61. The van der Waals surface area contributed by atoms with E-state index in [1.165, 1.54) is 35.0 Å². The topological polar surface area (TPSA) is 172 Å². The molecule has 1 atom stereocenters. The van der Waals surface area contributed by atoms with Crippen LogP contribution in [-0.4, -0.2) is 79.5 Å². The van der Waals surface area contributed by atoms with E-state index in [1.807, 2.05) is 18.2 Å². The lowest BCUT2D eigenvalue weighted by Crippen LogP contribution is -2.47. The number of ether oxygens (including phenoxy) is 2. The summed E-state index contributed by atoms with van der Waals surface area (Å²) in [5, 5.41) is 16.4. The number of allylic oxidation sites excluding steroid dienone is 1. The van der Waals surface area contributed by atoms with Gasteiger partial charge >= 0.3 is 0 Å². The Labute approximate surface area is 341 Å². The number of carbonyl (C=O) groups excluding carboxylic acids is 1. The molecule has 1 saturated heterocycles. The van der Waals surface area contributed by atoms with Crippen molar-refractivity contribution in [3.8, 4) is 17.2 Å². The molecule has 2 aromatic heterocycles. The van der Waals surface area contributed by atoms with Crippen LogP contribution < -0.4 is 24.4 Å². The van der Waals surface area contributed by atoms with E-state index in [9.17, 15) is 23.3 Å². The second-order valence-electron chi connectivity index (χ2n) is 15.9. The number of nitro benzene ring substituents is 1. The van der Waals surface area contributed by atoms with Crippen molar-refractivity contribution in [2.24, 2.45) is 5.41 Å². The first kappa shape index (κ1) is 39.2. The van der Waals surface area contributed by atoms with Crippen molar-refractivity contribution in [2.45, 2.75) is 51.0 Å². The fourth-order valence-corrected chi connectivity index (χ4v) is 8.99. The molecule has 3 aromatic carbocycles. The van der Waals surface area contributed by atoms with Crippen molar-refractivity contribution in [3.05, 3.63) is 111 Å². The van der Waals surface area contributed by atoms with Gasteiger partial charge in [-0.1, -0.05) is 43.2 Å². The molecular weight excluding hydrogens is 782 g/mol. The number of aromatic nitrogens is 2. The van der Waals surface area contributed by atoms with E-state index in [2.05, 4.69) is 55.8 Å². The molecule has 0 spiro atoms. The molecule has 3 aliphatic rings. The zero-order chi connectivity index (χ0) is 40.8. The normalized spacial score (nSPS) is 18.3. The van der Waals surface area contributed by atoms with Crippen LogP contribution in [0.15, 0.2) is 89.6 Å². The zero-order valence-electron chi connectivity index (χ0n) is 32.4. The van der Waals surface area contributed by atoms with Gasteiger partial charge in [0, 0.05) is 73.2 Å². The third-order valence-electron chi connectivity index (χ3n) is 11.0. The van der Waals surface area contributed by atoms with Crippen LogP contribution in [0.4, 0.5) is 17.1 Å². The molecule has 302 valence electrons. The molecule has 5 aromatic rings. The minimum Gasteiger partial charge on any atom is -0.486 e. The molecule has 14 nitrogen and oxygen atoms in total. The van der Waals surface area contributed by atoms with E-state index in [0.29, 0.717) is 17.9 Å². The maximum atomic E-state index is 13.9. The highest BCUT2D eigenvalue weighted by Gasteiger charge is 2.32. The summed E-state index contributed by atoms with van der Waals surface area (Å²) in [4.78, 5) is 36.8. The van der Waals surface area contributed by atoms with Gasteiger partial charge in [-0.05, 0) is 79.1 Å². The lowest BCUT2D eigenvalue weighted by atomic mass is 9.72. The average Bonchev–Trinajstić information content (AvgIpc) is 3.66. The molecule has 16 heteroatoms. The van der Waals surface area contributed by atoms with Crippen molar-refractivity contribution >= 4 is 61.2 Å². The Kier molecular flexibility index (Phi) is 10.5. The van der Waals surface area contributed by atoms with Crippen molar-refractivity contribution < 1.29 is 27.6 Å². The summed E-state index contributed by atoms with van der Waals surface area (Å²) in [5.74, 6) is -0.515. The largest absolute Gasteiger partial charge is 0.486 e. The molecule has 1 amide bonds. The van der Waals surface area contributed by atoms with Gasteiger partial charge in [0.05, 0.1) is 28.1 Å². The molecular formula is C42H44ClN7O7S. The lowest BCUT2D eigenvalue weighted by molar-refractivity contribution is -0.384. The van der Waals surface area contributed by atoms with Gasteiger partial charge in [-0.15, -0.1) is 0 Å². The maximum Gasteiger partial charge on any atom is 0.297 e. The number of halogens is 1. The second-order valence-corrected chi connectivity index (χ2v) is 18.0. The van der Waals surface area contributed by atoms with Crippen molar-refractivity contribution in [1.29, 1.82) is 0 Å². The summed E-state index contributed by atoms with van der Waals surface area (Å²) in [6.45, 7) is 10.7. The number of nitro groups is 1. The number of hydrogen-bond acceptors (Lipinski definition) is 11. The molecule has 0 radical (unpaired) electrons. The highest BCUT2D eigenvalue weighted by atomic mass is 35.5. The first-order chi connectivity index (χ1) is 27.7. The number of piperazine rings is 1. The predicted octanol–water partition coefficient (Wildman–Crippen LogP) is 8.01. The van der Waals surface area contributed by atoms with Crippen molar-refractivity contribution in [3.63, 3.8) is 0 Å². The third kappa shape index (κ3) is 8.33. The number of aromatic amines is 1. The number of benzene rings is 3. The van der Waals surface area contributed by atoms with Crippen LogP contribution in [0.25, 0.3) is 16.6 Å². The Balaban J connectivity index is 1.04. The molecule has 1 fully saturated rings. The predicted molar refractivity (Wildman–Crippen MR) is 224 cm³/mol. The van der Waals surface area contributed by atoms with E-state index in [0.717, 1.165) is 74.1 Å². The summed E-state index contributed by atoms with van der Waals surface area (Å²) >= 11 is 6.23. The Morgan fingerprint density at radius 2 is 1.86 bits per heavy atom. The smallest absolute Gasteiger partial charge is 0.297 e. The number of nitrogens with zero attached hydrogens (tertiary/aromatic N) is 4. The van der Waals surface area contributed by atoms with Gasteiger partial charge in [0.25, 0.3) is 21.6 Å². The minimum absolute atomic E-state index is 0.00306. The molecule has 0 bridgehead atoms. The average molecular weight is 826 g/mol. The number of hydrogen-bond donors (Lipinski definition) is 3. The van der Waals surface area contributed by atoms with E-state index >= 15 is 0 Å². The standard InChI is InChI=1S/C42H44ClN7O7S/c1-26-23-45-39-36(50(52)53)20-33(21-38(39)56-26)58(54,55)47-41(51)34-9-8-31(19-37(34)57-32-18-28-11-13-44-40(28)46-24-32)49-16-14-48(15-17-49)25-29-10-12-42(2,3)22-35(29)27-4-6-30(43)7-5-27/h4-9,11,13,18-21,24,26,45H,10,12,14-17,22-23,25H2,1-3H3,(H,44,46)(H,47,51)/t26-/m1/s1. The SMILES string of the molecule is C[C@@H]1CNc2c(cc(S(=O)(=O)NC(=O)c3ccc(N4CCN(CC5=C(c6ccc(Cl)cc6)CC(C)(C)CC5)CC4)cc3Oc3cnc4[nH]ccc4c3)cc2[N+](=O)[O-])O1. The summed E-state index contributed by atoms with van der Waals surface area (Å²) in [6.07, 6.45) is 6.09. The number of amides is 1. The molecule has 1 aliphatic carbocycles. The number of H-pyrrole nitrogens is 1. The lowest BCUT2D eigenvalue weighted by Gasteiger charge is -2.39. The van der Waals surface area contributed by atoms with Gasteiger partial charge in [0.2, 0.25) is 0 Å². The van der Waals surface area contributed by atoms with Crippen LogP contribution in [0.5, 0.6) is 17.2 Å². The van der Waals surface area contributed by atoms with Crippen LogP contribution in [0.3, 0.4) is 0 Å². The molecule has 3 N–H and O–H groups in total.